The molecule has 1 atom stereocenters. The highest BCUT2D eigenvalue weighted by Crippen LogP contribution is 2.15. The number of hydrogen-bond donors (Lipinski definition) is 0. The highest BCUT2D eigenvalue weighted by Gasteiger charge is 2.14. The zero-order chi connectivity index (χ0) is 15.0. The summed E-state index contributed by atoms with van der Waals surface area (Å²) in [5.41, 5.74) is 0. The summed E-state index contributed by atoms with van der Waals surface area (Å²) in [5.74, 6) is -0.241. The molecule has 1 amide bonds. The highest BCUT2D eigenvalue weighted by molar-refractivity contribution is 5.76. The van der Waals surface area contributed by atoms with Crippen molar-refractivity contribution in [1.82, 2.24) is 4.90 Å². The van der Waals surface area contributed by atoms with E-state index in [1.807, 2.05) is 13.0 Å². The number of halogens is 1. The standard InChI is InChI=1S/C15H19FN2O2/c1-12(9-10-17)18(2)15(19)8-5-11-20-14-7-4-3-6-13(14)16/h3-4,6-7,12H,5,8-9,11H2,1-2H3/t12-/m0/s1. The predicted molar refractivity (Wildman–Crippen MR) is 73.6 cm³/mol. The van der Waals surface area contributed by atoms with Gasteiger partial charge in [-0.05, 0) is 25.5 Å². The summed E-state index contributed by atoms with van der Waals surface area (Å²) in [4.78, 5) is 13.4. The molecule has 0 spiro atoms. The molecule has 20 heavy (non-hydrogen) atoms. The molecule has 0 N–H and O–H groups in total. The average molecular weight is 278 g/mol. The fraction of sp³-hybridized carbons (Fsp3) is 0.467. The smallest absolute Gasteiger partial charge is 0.222 e. The van der Waals surface area contributed by atoms with Gasteiger partial charge in [0.25, 0.3) is 0 Å². The van der Waals surface area contributed by atoms with Crippen LogP contribution in [-0.4, -0.2) is 30.5 Å². The van der Waals surface area contributed by atoms with Gasteiger partial charge in [-0.15, -0.1) is 0 Å². The van der Waals surface area contributed by atoms with Gasteiger partial charge in [-0.25, -0.2) is 4.39 Å². The van der Waals surface area contributed by atoms with E-state index in [0.717, 1.165) is 0 Å². The van der Waals surface area contributed by atoms with Gasteiger partial charge in [-0.2, -0.15) is 5.26 Å². The van der Waals surface area contributed by atoms with Crippen molar-refractivity contribution < 1.29 is 13.9 Å². The Labute approximate surface area is 118 Å². The van der Waals surface area contributed by atoms with Crippen LogP contribution in [0.3, 0.4) is 0 Å². The van der Waals surface area contributed by atoms with Gasteiger partial charge in [0.2, 0.25) is 5.91 Å². The van der Waals surface area contributed by atoms with E-state index >= 15 is 0 Å². The quantitative estimate of drug-likeness (QED) is 0.721. The molecule has 1 rings (SSSR count). The van der Waals surface area contributed by atoms with Crippen LogP contribution in [0, 0.1) is 17.1 Å². The number of ether oxygens (including phenoxy) is 1. The van der Waals surface area contributed by atoms with Gasteiger partial charge < -0.3 is 9.64 Å². The fourth-order valence-electron chi connectivity index (χ4n) is 1.66. The fourth-order valence-corrected chi connectivity index (χ4v) is 1.66. The third kappa shape index (κ3) is 4.88. The topological polar surface area (TPSA) is 53.3 Å². The normalized spacial score (nSPS) is 11.5. The maximum Gasteiger partial charge on any atom is 0.222 e. The Morgan fingerprint density at radius 3 is 2.85 bits per heavy atom. The minimum absolute atomic E-state index is 0.0371. The third-order valence-corrected chi connectivity index (χ3v) is 3.07. The first-order valence-electron chi connectivity index (χ1n) is 6.56. The van der Waals surface area contributed by atoms with E-state index in [1.54, 1.807) is 30.1 Å². The SMILES string of the molecule is C[C@@H](CC#N)N(C)C(=O)CCCOc1ccccc1F. The molecule has 1 aromatic carbocycles. The van der Waals surface area contributed by atoms with Gasteiger partial charge >= 0.3 is 0 Å². The predicted octanol–water partition coefficient (Wildman–Crippen LogP) is 2.75. The van der Waals surface area contributed by atoms with Crippen LogP contribution in [0.4, 0.5) is 4.39 Å². The van der Waals surface area contributed by atoms with Gasteiger partial charge in [0.05, 0.1) is 19.1 Å². The maximum absolute atomic E-state index is 13.3. The number of para-hydroxylation sites is 1. The molecule has 4 nitrogen and oxygen atoms in total. The second-order valence-corrected chi connectivity index (χ2v) is 4.60. The Bertz CT molecular complexity index is 485. The second kappa shape index (κ2) is 8.16. The molecule has 0 aliphatic carbocycles. The lowest BCUT2D eigenvalue weighted by Gasteiger charge is -2.22. The maximum atomic E-state index is 13.3. The van der Waals surface area contributed by atoms with Crippen LogP contribution in [0.15, 0.2) is 24.3 Å². The molecule has 0 saturated carbocycles. The number of amides is 1. The van der Waals surface area contributed by atoms with Crippen LogP contribution in [0.1, 0.15) is 26.2 Å². The van der Waals surface area contributed by atoms with Crippen molar-refractivity contribution in [3.8, 4) is 11.8 Å². The lowest BCUT2D eigenvalue weighted by atomic mass is 10.2. The second-order valence-electron chi connectivity index (χ2n) is 4.60. The number of rotatable bonds is 7. The van der Waals surface area contributed by atoms with Gasteiger partial charge in [0.15, 0.2) is 11.6 Å². The van der Waals surface area contributed by atoms with E-state index < -0.39 is 5.82 Å². The van der Waals surface area contributed by atoms with E-state index in [0.29, 0.717) is 19.3 Å². The monoisotopic (exact) mass is 278 g/mol. The average Bonchev–Trinajstić information content (AvgIpc) is 2.44. The van der Waals surface area contributed by atoms with E-state index in [2.05, 4.69) is 0 Å². The molecule has 0 unspecified atom stereocenters. The van der Waals surface area contributed by atoms with E-state index in [1.165, 1.54) is 6.07 Å². The van der Waals surface area contributed by atoms with Crippen LogP contribution in [0.2, 0.25) is 0 Å². The Kier molecular flexibility index (Phi) is 6.51. The number of hydrogen-bond acceptors (Lipinski definition) is 3. The minimum atomic E-state index is -0.404. The first-order chi connectivity index (χ1) is 9.56. The van der Waals surface area contributed by atoms with Crippen molar-refractivity contribution in [2.45, 2.75) is 32.2 Å². The van der Waals surface area contributed by atoms with Crippen LogP contribution < -0.4 is 4.74 Å². The number of benzene rings is 1. The molecule has 0 heterocycles. The largest absolute Gasteiger partial charge is 0.491 e. The molecule has 108 valence electrons. The summed E-state index contributed by atoms with van der Waals surface area (Å²) in [5, 5.41) is 8.59. The van der Waals surface area contributed by atoms with Crippen molar-refractivity contribution in [3.63, 3.8) is 0 Å². The number of carbonyl (C=O) groups excluding carboxylic acids is 1. The number of nitrogens with zero attached hydrogens (tertiary/aromatic N) is 2. The molecule has 0 radical (unpaired) electrons. The molecule has 5 heteroatoms. The molecule has 0 aliphatic heterocycles. The van der Waals surface area contributed by atoms with Gasteiger partial charge in [-0.3, -0.25) is 4.79 Å². The molecule has 1 aromatic rings. The summed E-state index contributed by atoms with van der Waals surface area (Å²) in [6.07, 6.45) is 1.14. The first-order valence-corrected chi connectivity index (χ1v) is 6.56. The van der Waals surface area contributed by atoms with Gasteiger partial charge in [0, 0.05) is 19.5 Å². The third-order valence-electron chi connectivity index (χ3n) is 3.07. The zero-order valence-corrected chi connectivity index (χ0v) is 11.8. The molecular formula is C15H19FN2O2. The number of carbonyl (C=O) groups is 1. The molecule has 0 bridgehead atoms. The van der Waals surface area contributed by atoms with Crippen LogP contribution in [0.25, 0.3) is 0 Å². The van der Waals surface area contributed by atoms with E-state index in [4.69, 9.17) is 10.00 Å². The number of nitriles is 1. The summed E-state index contributed by atoms with van der Waals surface area (Å²) in [6.45, 7) is 2.12. The van der Waals surface area contributed by atoms with Crippen molar-refractivity contribution >= 4 is 5.91 Å². The lowest BCUT2D eigenvalue weighted by molar-refractivity contribution is -0.131. The summed E-state index contributed by atoms with van der Waals surface area (Å²) < 4.78 is 18.5. The Hall–Kier alpha value is -2.09. The molecule has 0 saturated heterocycles. The van der Waals surface area contributed by atoms with Gasteiger partial charge in [-0.1, -0.05) is 12.1 Å². The Balaban J connectivity index is 2.29. The molecule has 0 fully saturated rings. The highest BCUT2D eigenvalue weighted by atomic mass is 19.1. The minimum Gasteiger partial charge on any atom is -0.491 e. The van der Waals surface area contributed by atoms with Crippen LogP contribution in [0.5, 0.6) is 5.75 Å². The molecular weight excluding hydrogens is 259 g/mol. The van der Waals surface area contributed by atoms with Crippen molar-refractivity contribution in [3.05, 3.63) is 30.1 Å². The Morgan fingerprint density at radius 2 is 2.20 bits per heavy atom. The lowest BCUT2D eigenvalue weighted by Crippen LogP contribution is -2.34. The summed E-state index contributed by atoms with van der Waals surface area (Å²) in [6, 6.07) is 8.12. The van der Waals surface area contributed by atoms with Gasteiger partial charge in [0.1, 0.15) is 0 Å². The zero-order valence-electron chi connectivity index (χ0n) is 11.8. The first kappa shape index (κ1) is 16.0. The van der Waals surface area contributed by atoms with Crippen LogP contribution >= 0.6 is 0 Å². The van der Waals surface area contributed by atoms with Crippen molar-refractivity contribution in [2.75, 3.05) is 13.7 Å². The molecule has 0 aromatic heterocycles. The molecule has 0 aliphatic rings. The van der Waals surface area contributed by atoms with E-state index in [-0.39, 0.29) is 24.3 Å². The van der Waals surface area contributed by atoms with Crippen molar-refractivity contribution in [1.29, 1.82) is 5.26 Å². The Morgan fingerprint density at radius 1 is 1.50 bits per heavy atom. The van der Waals surface area contributed by atoms with Crippen molar-refractivity contribution in [2.24, 2.45) is 0 Å². The van der Waals surface area contributed by atoms with Crippen LogP contribution in [-0.2, 0) is 4.79 Å². The summed E-state index contributed by atoms with van der Waals surface area (Å²) >= 11 is 0. The van der Waals surface area contributed by atoms with E-state index in [9.17, 15) is 9.18 Å². The summed E-state index contributed by atoms with van der Waals surface area (Å²) in [7, 11) is 1.68.